The largest absolute Gasteiger partial charge is 0.394 e. The van der Waals surface area contributed by atoms with Crippen LogP contribution in [0.1, 0.15) is 12.6 Å². The zero-order chi connectivity index (χ0) is 10.1. The van der Waals surface area contributed by atoms with Gasteiger partial charge in [-0.15, -0.1) is 5.10 Å². The van der Waals surface area contributed by atoms with Gasteiger partial charge in [0.15, 0.2) is 0 Å². The summed E-state index contributed by atoms with van der Waals surface area (Å²) >= 11 is 0. The highest BCUT2D eigenvalue weighted by Crippen LogP contribution is 2.18. The van der Waals surface area contributed by atoms with Crippen LogP contribution < -0.4 is 5.73 Å². The number of nitrogens with one attached hydrogen (secondary N) is 1. The van der Waals surface area contributed by atoms with Crippen LogP contribution in [-0.4, -0.2) is 26.8 Å². The van der Waals surface area contributed by atoms with Crippen molar-refractivity contribution in [3.05, 3.63) is 21.9 Å². The third-order valence-corrected chi connectivity index (χ3v) is 1.67. The summed E-state index contributed by atoms with van der Waals surface area (Å²) < 4.78 is 0. The van der Waals surface area contributed by atoms with Crippen LogP contribution >= 0.6 is 0 Å². The third kappa shape index (κ3) is 1.82. The topological polar surface area (TPSA) is 118 Å². The Morgan fingerprint density at radius 1 is 1.92 bits per heavy atom. The van der Waals surface area contributed by atoms with Gasteiger partial charge < -0.3 is 21.0 Å². The van der Waals surface area contributed by atoms with Crippen molar-refractivity contribution in [2.75, 3.05) is 6.61 Å². The number of hydrogen-bond donors (Lipinski definition) is 3. The Morgan fingerprint density at radius 2 is 2.54 bits per heavy atom. The minimum Gasteiger partial charge on any atom is -0.394 e. The summed E-state index contributed by atoms with van der Waals surface area (Å²) in [4.78, 5) is 9.65. The standard InChI is InChI=1S/C6H10N4O3/c1-6(7,3-11)4-2-5(9-8-4)10(12)13/h2,11H,3,7H2,1H3,(H,8,9). The number of aromatic nitrogens is 2. The van der Waals surface area contributed by atoms with E-state index in [-0.39, 0.29) is 18.1 Å². The number of nitrogens with two attached hydrogens (primary N) is 1. The summed E-state index contributed by atoms with van der Waals surface area (Å²) in [5, 5.41) is 24.9. The van der Waals surface area contributed by atoms with Crippen molar-refractivity contribution < 1.29 is 10.0 Å². The number of nitro groups is 1. The molecular formula is C6H10N4O3. The van der Waals surface area contributed by atoms with E-state index in [4.69, 9.17) is 10.8 Å². The van der Waals surface area contributed by atoms with Gasteiger partial charge in [-0.05, 0) is 11.8 Å². The lowest BCUT2D eigenvalue weighted by molar-refractivity contribution is -0.389. The van der Waals surface area contributed by atoms with Crippen LogP contribution in [-0.2, 0) is 5.54 Å². The van der Waals surface area contributed by atoms with E-state index in [1.54, 1.807) is 0 Å². The molecule has 1 atom stereocenters. The molecule has 1 aromatic rings. The molecule has 1 rings (SSSR count). The van der Waals surface area contributed by atoms with Gasteiger partial charge in [0.05, 0.1) is 18.2 Å². The Labute approximate surface area is 73.7 Å². The summed E-state index contributed by atoms with van der Waals surface area (Å²) in [6.45, 7) is 1.21. The fraction of sp³-hybridized carbons (Fsp3) is 0.500. The lowest BCUT2D eigenvalue weighted by atomic mass is 10.0. The quantitative estimate of drug-likeness (QED) is 0.433. The van der Waals surface area contributed by atoms with Gasteiger partial charge in [0.2, 0.25) is 0 Å². The zero-order valence-electron chi connectivity index (χ0n) is 7.02. The number of hydrogen-bond acceptors (Lipinski definition) is 5. The van der Waals surface area contributed by atoms with E-state index in [1.807, 2.05) is 0 Å². The van der Waals surface area contributed by atoms with Crippen LogP contribution in [0.3, 0.4) is 0 Å². The molecule has 0 radical (unpaired) electrons. The molecule has 0 amide bonds. The number of rotatable bonds is 3. The second kappa shape index (κ2) is 3.11. The van der Waals surface area contributed by atoms with Gasteiger partial charge in [-0.3, -0.25) is 0 Å². The predicted molar refractivity (Wildman–Crippen MR) is 43.9 cm³/mol. The van der Waals surface area contributed by atoms with Gasteiger partial charge in [-0.25, -0.2) is 0 Å². The fourth-order valence-electron chi connectivity index (χ4n) is 0.779. The van der Waals surface area contributed by atoms with Crippen molar-refractivity contribution in [2.45, 2.75) is 12.5 Å². The average Bonchev–Trinajstić information content (AvgIpc) is 2.52. The summed E-state index contributed by atoms with van der Waals surface area (Å²) in [6.07, 6.45) is 0. The van der Waals surface area contributed by atoms with E-state index >= 15 is 0 Å². The second-order valence-corrected chi connectivity index (χ2v) is 2.97. The predicted octanol–water partition coefficient (Wildman–Crippen LogP) is -0.516. The molecule has 1 aromatic heterocycles. The van der Waals surface area contributed by atoms with Gasteiger partial charge in [0.25, 0.3) is 0 Å². The highest BCUT2D eigenvalue weighted by atomic mass is 16.6. The van der Waals surface area contributed by atoms with Crippen LogP contribution in [0.25, 0.3) is 0 Å². The molecule has 0 aromatic carbocycles. The van der Waals surface area contributed by atoms with Crippen molar-refractivity contribution >= 4 is 5.82 Å². The minimum atomic E-state index is -1.05. The fourth-order valence-corrected chi connectivity index (χ4v) is 0.779. The zero-order valence-corrected chi connectivity index (χ0v) is 7.02. The van der Waals surface area contributed by atoms with Crippen molar-refractivity contribution in [2.24, 2.45) is 5.73 Å². The molecule has 0 saturated heterocycles. The van der Waals surface area contributed by atoms with Gasteiger partial charge in [-0.2, -0.15) is 0 Å². The number of H-pyrrole nitrogens is 1. The molecule has 0 aliphatic carbocycles. The van der Waals surface area contributed by atoms with E-state index < -0.39 is 10.5 Å². The number of aliphatic hydroxyl groups is 1. The van der Waals surface area contributed by atoms with E-state index in [0.717, 1.165) is 0 Å². The molecular weight excluding hydrogens is 176 g/mol. The molecule has 7 heteroatoms. The Bertz CT molecular complexity index is 319. The molecule has 1 heterocycles. The summed E-state index contributed by atoms with van der Waals surface area (Å²) in [5.74, 6) is -0.236. The first-order chi connectivity index (χ1) is 5.97. The second-order valence-electron chi connectivity index (χ2n) is 2.97. The van der Waals surface area contributed by atoms with Crippen LogP contribution in [0.4, 0.5) is 5.82 Å². The molecule has 0 aliphatic heterocycles. The Kier molecular flexibility index (Phi) is 2.30. The molecule has 0 saturated carbocycles. The SMILES string of the molecule is CC(N)(CO)c1cc([N+](=O)[O-])[nH]n1. The Hall–Kier alpha value is -1.47. The first-order valence-electron chi connectivity index (χ1n) is 3.57. The highest BCUT2D eigenvalue weighted by Gasteiger charge is 2.26. The smallest absolute Gasteiger partial charge is 0.342 e. The molecule has 72 valence electrons. The number of aromatic amines is 1. The van der Waals surface area contributed by atoms with Crippen molar-refractivity contribution in [3.8, 4) is 0 Å². The van der Waals surface area contributed by atoms with Crippen LogP contribution in [0, 0.1) is 10.1 Å². The number of nitrogens with zero attached hydrogens (tertiary/aromatic N) is 2. The molecule has 0 aliphatic rings. The molecule has 1 unspecified atom stereocenters. The van der Waals surface area contributed by atoms with Crippen LogP contribution in [0.15, 0.2) is 6.07 Å². The molecule has 13 heavy (non-hydrogen) atoms. The van der Waals surface area contributed by atoms with Crippen LogP contribution in [0.5, 0.6) is 0 Å². The van der Waals surface area contributed by atoms with Crippen molar-refractivity contribution in [3.63, 3.8) is 0 Å². The lowest BCUT2D eigenvalue weighted by Gasteiger charge is -2.16. The third-order valence-electron chi connectivity index (χ3n) is 1.67. The molecule has 4 N–H and O–H groups in total. The first-order valence-corrected chi connectivity index (χ1v) is 3.57. The van der Waals surface area contributed by atoms with Gasteiger partial charge in [0, 0.05) is 0 Å². The maximum atomic E-state index is 10.3. The van der Waals surface area contributed by atoms with E-state index in [1.165, 1.54) is 13.0 Å². The summed E-state index contributed by atoms with van der Waals surface area (Å²) in [7, 11) is 0. The summed E-state index contributed by atoms with van der Waals surface area (Å²) in [5.41, 5.74) is 4.81. The molecule has 0 fully saturated rings. The minimum absolute atomic E-state index is 0.236. The van der Waals surface area contributed by atoms with E-state index in [9.17, 15) is 10.1 Å². The van der Waals surface area contributed by atoms with E-state index in [2.05, 4.69) is 10.2 Å². The van der Waals surface area contributed by atoms with Crippen LogP contribution in [0.2, 0.25) is 0 Å². The average molecular weight is 186 g/mol. The van der Waals surface area contributed by atoms with E-state index in [0.29, 0.717) is 0 Å². The molecule has 7 nitrogen and oxygen atoms in total. The molecule has 0 spiro atoms. The van der Waals surface area contributed by atoms with Crippen molar-refractivity contribution in [1.82, 2.24) is 10.2 Å². The molecule has 0 bridgehead atoms. The summed E-state index contributed by atoms with van der Waals surface area (Å²) in [6, 6.07) is 1.20. The van der Waals surface area contributed by atoms with Gasteiger partial charge in [-0.1, -0.05) is 5.10 Å². The maximum absolute atomic E-state index is 10.3. The lowest BCUT2D eigenvalue weighted by Crippen LogP contribution is -2.37. The maximum Gasteiger partial charge on any atom is 0.342 e. The Morgan fingerprint density at radius 3 is 2.92 bits per heavy atom. The normalized spacial score (nSPS) is 15.3. The van der Waals surface area contributed by atoms with Gasteiger partial charge >= 0.3 is 5.82 Å². The first kappa shape index (κ1) is 9.62. The highest BCUT2D eigenvalue weighted by molar-refractivity contribution is 5.25. The number of aliphatic hydroxyl groups excluding tert-OH is 1. The van der Waals surface area contributed by atoms with Crippen molar-refractivity contribution in [1.29, 1.82) is 0 Å². The Balaban J connectivity index is 2.98. The van der Waals surface area contributed by atoms with Gasteiger partial charge in [0.1, 0.15) is 5.69 Å². The monoisotopic (exact) mass is 186 g/mol.